The zero-order valence-electron chi connectivity index (χ0n) is 12.9. The first kappa shape index (κ1) is 17.0. The van der Waals surface area contributed by atoms with Gasteiger partial charge in [-0.25, -0.2) is 9.59 Å². The number of nitrogens with two attached hydrogens (primary N) is 1. The van der Waals surface area contributed by atoms with Gasteiger partial charge in [-0.2, -0.15) is 0 Å². The number of urea groups is 1. The van der Waals surface area contributed by atoms with Crippen LogP contribution in [0.5, 0.6) is 5.75 Å². The Balaban J connectivity index is 1.92. The van der Waals surface area contributed by atoms with Crippen LogP contribution in [0.1, 0.15) is 20.7 Å². The highest BCUT2D eigenvalue weighted by atomic mass is 16.5. The normalized spacial score (nSPS) is 9.88. The topological polar surface area (TPSA) is 108 Å². The third-order valence-corrected chi connectivity index (χ3v) is 3.12. The number of esters is 1. The molecule has 0 bridgehead atoms. The van der Waals surface area contributed by atoms with Gasteiger partial charge < -0.3 is 20.5 Å². The van der Waals surface area contributed by atoms with Crippen molar-refractivity contribution in [3.63, 3.8) is 0 Å². The molecule has 0 saturated carbocycles. The van der Waals surface area contributed by atoms with E-state index in [0.29, 0.717) is 22.6 Å². The van der Waals surface area contributed by atoms with Crippen LogP contribution in [-0.2, 0) is 4.74 Å². The van der Waals surface area contributed by atoms with Gasteiger partial charge >= 0.3 is 12.0 Å². The number of carbonyl (C=O) groups excluding carboxylic acids is 3. The summed E-state index contributed by atoms with van der Waals surface area (Å²) in [6.45, 7) is -0.153. The molecular weight excluding hydrogens is 312 g/mol. The van der Waals surface area contributed by atoms with E-state index in [0.717, 1.165) is 0 Å². The van der Waals surface area contributed by atoms with Gasteiger partial charge in [0.25, 0.3) is 0 Å². The lowest BCUT2D eigenvalue weighted by atomic mass is 10.1. The second-order valence-corrected chi connectivity index (χ2v) is 4.79. The molecule has 7 nitrogen and oxygen atoms in total. The number of anilines is 1. The minimum Gasteiger partial charge on any atom is -0.485 e. The molecule has 0 radical (unpaired) electrons. The lowest BCUT2D eigenvalue weighted by Crippen LogP contribution is -2.19. The first-order chi connectivity index (χ1) is 11.5. The summed E-state index contributed by atoms with van der Waals surface area (Å²) in [5.41, 5.74) is 6.34. The van der Waals surface area contributed by atoms with Crippen LogP contribution in [0.15, 0.2) is 48.5 Å². The van der Waals surface area contributed by atoms with Gasteiger partial charge in [-0.05, 0) is 48.5 Å². The summed E-state index contributed by atoms with van der Waals surface area (Å²) in [6, 6.07) is 11.9. The molecule has 0 saturated heterocycles. The van der Waals surface area contributed by atoms with Crippen LogP contribution < -0.4 is 15.8 Å². The number of methoxy groups -OCH3 is 1. The van der Waals surface area contributed by atoms with E-state index in [1.165, 1.54) is 7.11 Å². The summed E-state index contributed by atoms with van der Waals surface area (Å²) in [5, 5.41) is 2.41. The van der Waals surface area contributed by atoms with Crippen molar-refractivity contribution in [2.24, 2.45) is 5.73 Å². The Bertz CT molecular complexity index is 739. The summed E-state index contributed by atoms with van der Waals surface area (Å²) in [4.78, 5) is 34.1. The number of ether oxygens (including phenoxy) is 2. The maximum absolute atomic E-state index is 12.1. The van der Waals surface area contributed by atoms with E-state index < -0.39 is 12.0 Å². The lowest BCUT2D eigenvalue weighted by molar-refractivity contribution is 0.0600. The molecule has 0 aliphatic rings. The molecule has 0 spiro atoms. The van der Waals surface area contributed by atoms with E-state index >= 15 is 0 Å². The minimum atomic E-state index is -0.673. The molecule has 2 rings (SSSR count). The maximum Gasteiger partial charge on any atom is 0.337 e. The quantitative estimate of drug-likeness (QED) is 0.624. The molecule has 0 aromatic heterocycles. The molecule has 0 atom stereocenters. The van der Waals surface area contributed by atoms with Crippen LogP contribution >= 0.6 is 0 Å². The van der Waals surface area contributed by atoms with Gasteiger partial charge in [0.15, 0.2) is 12.4 Å². The smallest absolute Gasteiger partial charge is 0.337 e. The third kappa shape index (κ3) is 4.57. The Hall–Kier alpha value is -3.35. The molecule has 24 heavy (non-hydrogen) atoms. The molecular formula is C17H16N2O5. The van der Waals surface area contributed by atoms with Crippen LogP contribution in [0.3, 0.4) is 0 Å². The highest BCUT2D eigenvalue weighted by Crippen LogP contribution is 2.14. The minimum absolute atomic E-state index is 0.153. The Kier molecular flexibility index (Phi) is 5.51. The van der Waals surface area contributed by atoms with Crippen molar-refractivity contribution in [2.75, 3.05) is 19.0 Å². The van der Waals surface area contributed by atoms with Crippen LogP contribution in [-0.4, -0.2) is 31.5 Å². The van der Waals surface area contributed by atoms with E-state index in [9.17, 15) is 14.4 Å². The summed E-state index contributed by atoms with van der Waals surface area (Å²) >= 11 is 0. The molecule has 7 heteroatoms. The van der Waals surface area contributed by atoms with Gasteiger partial charge in [-0.1, -0.05) is 0 Å². The van der Waals surface area contributed by atoms with Gasteiger partial charge in [0, 0.05) is 11.3 Å². The second-order valence-electron chi connectivity index (χ2n) is 4.79. The molecule has 124 valence electrons. The Morgan fingerprint density at radius 3 is 2.08 bits per heavy atom. The maximum atomic E-state index is 12.1. The van der Waals surface area contributed by atoms with Crippen molar-refractivity contribution in [3.05, 3.63) is 59.7 Å². The SMILES string of the molecule is COC(=O)c1ccc(OCC(=O)c2ccc(NC(N)=O)cc2)cc1. The zero-order valence-corrected chi connectivity index (χ0v) is 12.9. The molecule has 0 unspecified atom stereocenters. The van der Waals surface area contributed by atoms with Crippen molar-refractivity contribution < 1.29 is 23.9 Å². The van der Waals surface area contributed by atoms with Gasteiger partial charge in [0.05, 0.1) is 12.7 Å². The predicted molar refractivity (Wildman–Crippen MR) is 87.3 cm³/mol. The van der Waals surface area contributed by atoms with Crippen LogP contribution in [0, 0.1) is 0 Å². The monoisotopic (exact) mass is 328 g/mol. The fourth-order valence-corrected chi connectivity index (χ4v) is 1.92. The number of Topliss-reactive ketones (excluding diaryl/α,β-unsaturated/α-hetero) is 1. The standard InChI is InChI=1S/C17H16N2O5/c1-23-16(21)12-4-8-14(9-5-12)24-10-15(20)11-2-6-13(7-3-11)19-17(18)22/h2-9H,10H2,1H3,(H3,18,19,22). The summed E-state index contributed by atoms with van der Waals surface area (Å²) in [6.07, 6.45) is 0. The number of rotatable bonds is 6. The number of ketones is 1. The van der Waals surface area contributed by atoms with E-state index in [-0.39, 0.29) is 12.4 Å². The van der Waals surface area contributed by atoms with Crippen LogP contribution in [0.2, 0.25) is 0 Å². The van der Waals surface area contributed by atoms with E-state index in [2.05, 4.69) is 10.1 Å². The second kappa shape index (κ2) is 7.77. The van der Waals surface area contributed by atoms with Crippen molar-refractivity contribution in [2.45, 2.75) is 0 Å². The fraction of sp³-hybridized carbons (Fsp3) is 0.118. The average molecular weight is 328 g/mol. The van der Waals surface area contributed by atoms with Crippen molar-refractivity contribution in [3.8, 4) is 5.75 Å². The third-order valence-electron chi connectivity index (χ3n) is 3.12. The number of primary amides is 1. The van der Waals surface area contributed by atoms with Gasteiger partial charge in [0.1, 0.15) is 5.75 Å². The predicted octanol–water partition coefficient (Wildman–Crippen LogP) is 2.23. The molecule has 2 aromatic carbocycles. The zero-order chi connectivity index (χ0) is 17.5. The molecule has 0 aliphatic carbocycles. The highest BCUT2D eigenvalue weighted by molar-refractivity contribution is 5.98. The Morgan fingerprint density at radius 2 is 1.54 bits per heavy atom. The average Bonchev–Trinajstić information content (AvgIpc) is 2.59. The van der Waals surface area contributed by atoms with Crippen molar-refractivity contribution in [1.29, 1.82) is 0 Å². The van der Waals surface area contributed by atoms with Crippen molar-refractivity contribution in [1.82, 2.24) is 0 Å². The van der Waals surface area contributed by atoms with Gasteiger partial charge in [-0.3, -0.25) is 4.79 Å². The number of benzene rings is 2. The summed E-state index contributed by atoms with van der Waals surface area (Å²) in [7, 11) is 1.30. The number of hydrogen-bond donors (Lipinski definition) is 2. The summed E-state index contributed by atoms with van der Waals surface area (Å²) in [5.74, 6) is -0.206. The first-order valence-corrected chi connectivity index (χ1v) is 7.00. The van der Waals surface area contributed by atoms with E-state index in [1.54, 1.807) is 48.5 Å². The molecule has 2 aromatic rings. The van der Waals surface area contributed by atoms with Crippen LogP contribution in [0.4, 0.5) is 10.5 Å². The molecule has 0 aliphatic heterocycles. The largest absolute Gasteiger partial charge is 0.485 e. The highest BCUT2D eigenvalue weighted by Gasteiger charge is 2.09. The van der Waals surface area contributed by atoms with Crippen LogP contribution in [0.25, 0.3) is 0 Å². The van der Waals surface area contributed by atoms with Crippen molar-refractivity contribution >= 4 is 23.5 Å². The number of carbonyl (C=O) groups is 3. The van der Waals surface area contributed by atoms with E-state index in [1.807, 2.05) is 0 Å². The first-order valence-electron chi connectivity index (χ1n) is 7.00. The lowest BCUT2D eigenvalue weighted by Gasteiger charge is -2.07. The number of hydrogen-bond acceptors (Lipinski definition) is 5. The number of amides is 2. The summed E-state index contributed by atoms with van der Waals surface area (Å²) < 4.78 is 9.99. The van der Waals surface area contributed by atoms with Gasteiger partial charge in [0.2, 0.25) is 0 Å². The van der Waals surface area contributed by atoms with Gasteiger partial charge in [-0.15, -0.1) is 0 Å². The molecule has 3 N–H and O–H groups in total. The fourth-order valence-electron chi connectivity index (χ4n) is 1.92. The number of nitrogens with one attached hydrogen (secondary N) is 1. The Labute approximate surface area is 138 Å². The Morgan fingerprint density at radius 1 is 0.958 bits per heavy atom. The molecule has 2 amide bonds. The van der Waals surface area contributed by atoms with E-state index in [4.69, 9.17) is 10.5 Å². The molecule has 0 heterocycles. The molecule has 0 fully saturated rings.